The summed E-state index contributed by atoms with van der Waals surface area (Å²) in [5.74, 6) is -0.774. The Morgan fingerprint density at radius 2 is 1.81 bits per heavy atom. The van der Waals surface area contributed by atoms with E-state index in [0.29, 0.717) is 5.69 Å². The fourth-order valence-corrected chi connectivity index (χ4v) is 5.78. The monoisotopic (exact) mass is 449 g/mol. The summed E-state index contributed by atoms with van der Waals surface area (Å²) in [6.07, 6.45) is 6.29. The third kappa shape index (κ3) is 4.80. The van der Waals surface area contributed by atoms with Crippen LogP contribution in [0.15, 0.2) is 18.2 Å². The predicted octanol–water partition coefficient (Wildman–Crippen LogP) is 2.90. The van der Waals surface area contributed by atoms with Crippen molar-refractivity contribution < 1.29 is 18.0 Å². The average Bonchev–Trinajstić information content (AvgIpc) is 2.99. The van der Waals surface area contributed by atoms with Crippen LogP contribution in [0.1, 0.15) is 63.5 Å². The van der Waals surface area contributed by atoms with Gasteiger partial charge in [0.05, 0.1) is 12.3 Å². The van der Waals surface area contributed by atoms with E-state index in [4.69, 9.17) is 0 Å². The molecule has 0 radical (unpaired) electrons. The summed E-state index contributed by atoms with van der Waals surface area (Å²) < 4.78 is 26.4. The van der Waals surface area contributed by atoms with Crippen LogP contribution < -0.4 is 10.2 Å². The quantitative estimate of drug-likeness (QED) is 0.701. The molecule has 31 heavy (non-hydrogen) atoms. The second-order valence-corrected chi connectivity index (χ2v) is 11.3. The maximum Gasteiger partial charge on any atom is 0.247 e. The lowest BCUT2D eigenvalue weighted by Gasteiger charge is -2.47. The van der Waals surface area contributed by atoms with E-state index < -0.39 is 15.6 Å². The molecule has 0 bridgehead atoms. The Balaban J connectivity index is 2.02. The molecule has 1 heterocycles. The highest BCUT2D eigenvalue weighted by molar-refractivity contribution is 7.89. The Bertz CT molecular complexity index is 938. The molecule has 1 saturated carbocycles. The highest BCUT2D eigenvalue weighted by Gasteiger charge is 2.51. The van der Waals surface area contributed by atoms with E-state index in [1.807, 2.05) is 32.0 Å². The van der Waals surface area contributed by atoms with Gasteiger partial charge in [-0.15, -0.1) is 0 Å². The van der Waals surface area contributed by atoms with Crippen molar-refractivity contribution in [3.05, 3.63) is 29.3 Å². The number of aryl methyl sites for hydroxylation is 1. The number of anilines is 1. The van der Waals surface area contributed by atoms with Gasteiger partial charge in [0.15, 0.2) is 0 Å². The molecule has 2 amide bonds. The number of sulfonamides is 1. The van der Waals surface area contributed by atoms with E-state index >= 15 is 0 Å². The molecule has 3 rings (SSSR count). The van der Waals surface area contributed by atoms with Crippen LogP contribution in [0.3, 0.4) is 0 Å². The van der Waals surface area contributed by atoms with Crippen molar-refractivity contribution in [1.82, 2.24) is 9.62 Å². The molecule has 0 unspecified atom stereocenters. The number of amides is 2. The van der Waals surface area contributed by atoms with Gasteiger partial charge in [0.25, 0.3) is 0 Å². The zero-order chi connectivity index (χ0) is 22.8. The first kappa shape index (κ1) is 23.7. The van der Waals surface area contributed by atoms with Gasteiger partial charge in [0.2, 0.25) is 21.8 Å². The van der Waals surface area contributed by atoms with Crippen LogP contribution >= 0.6 is 0 Å². The van der Waals surface area contributed by atoms with Crippen LogP contribution in [-0.2, 0) is 19.6 Å². The van der Waals surface area contributed by atoms with Gasteiger partial charge in [0, 0.05) is 18.3 Å². The molecule has 1 aliphatic heterocycles. The van der Waals surface area contributed by atoms with Crippen LogP contribution in [0.2, 0.25) is 0 Å². The molecule has 1 aromatic rings. The number of nitrogens with one attached hydrogen (secondary N) is 1. The third-order valence-corrected chi connectivity index (χ3v) is 8.57. The zero-order valence-electron chi connectivity index (χ0n) is 19.1. The zero-order valence-corrected chi connectivity index (χ0v) is 19.9. The first-order valence-electron chi connectivity index (χ1n) is 11.3. The lowest BCUT2D eigenvalue weighted by Crippen LogP contribution is -2.71. The van der Waals surface area contributed by atoms with E-state index in [1.165, 1.54) is 22.0 Å². The SMILES string of the molecule is CCS(=O)(=O)N1CC(=O)N(c2cccc(C)c2C)[C@@](C)(C(=O)NC2CCCCCC2)C1. The first-order valence-corrected chi connectivity index (χ1v) is 12.9. The minimum absolute atomic E-state index is 0.0547. The number of benzene rings is 1. The molecule has 0 aromatic heterocycles. The summed E-state index contributed by atoms with van der Waals surface area (Å²) in [4.78, 5) is 28.5. The number of carbonyl (C=O) groups excluding carboxylic acids is 2. The van der Waals surface area contributed by atoms with Crippen LogP contribution in [0.5, 0.6) is 0 Å². The van der Waals surface area contributed by atoms with Crippen molar-refractivity contribution in [3.8, 4) is 0 Å². The van der Waals surface area contributed by atoms with Crippen molar-refractivity contribution in [2.24, 2.45) is 0 Å². The minimum atomic E-state index is -3.62. The molecule has 1 saturated heterocycles. The smallest absolute Gasteiger partial charge is 0.247 e. The Kier molecular flexibility index (Phi) is 7.11. The van der Waals surface area contributed by atoms with Crippen molar-refractivity contribution >= 4 is 27.5 Å². The molecule has 7 nitrogen and oxygen atoms in total. The van der Waals surface area contributed by atoms with Gasteiger partial charge in [0.1, 0.15) is 5.54 Å². The second-order valence-electron chi connectivity index (χ2n) is 9.05. The summed E-state index contributed by atoms with van der Waals surface area (Å²) in [5, 5.41) is 3.16. The Hall–Kier alpha value is -1.93. The molecule has 1 atom stereocenters. The molecule has 1 aliphatic carbocycles. The largest absolute Gasteiger partial charge is 0.351 e. The summed E-state index contributed by atoms with van der Waals surface area (Å²) >= 11 is 0. The minimum Gasteiger partial charge on any atom is -0.351 e. The van der Waals surface area contributed by atoms with E-state index in [0.717, 1.165) is 36.8 Å². The molecule has 0 spiro atoms. The van der Waals surface area contributed by atoms with Gasteiger partial charge in [-0.25, -0.2) is 8.42 Å². The topological polar surface area (TPSA) is 86.8 Å². The summed E-state index contributed by atoms with van der Waals surface area (Å²) in [6, 6.07) is 5.72. The molecule has 172 valence electrons. The average molecular weight is 450 g/mol. The van der Waals surface area contributed by atoms with Crippen LogP contribution in [-0.4, -0.2) is 55.0 Å². The number of carbonyl (C=O) groups is 2. The molecular weight excluding hydrogens is 414 g/mol. The lowest BCUT2D eigenvalue weighted by atomic mass is 9.92. The van der Waals surface area contributed by atoms with E-state index in [9.17, 15) is 18.0 Å². The third-order valence-electron chi connectivity index (χ3n) is 6.79. The lowest BCUT2D eigenvalue weighted by molar-refractivity contribution is -0.133. The van der Waals surface area contributed by atoms with Gasteiger partial charge < -0.3 is 5.32 Å². The first-order chi connectivity index (χ1) is 14.6. The second kappa shape index (κ2) is 9.28. The van der Waals surface area contributed by atoms with Gasteiger partial charge in [-0.1, -0.05) is 37.8 Å². The standard InChI is InChI=1S/C23H35N3O4S/c1-5-31(29,30)25-15-21(27)26(20-14-10-11-17(2)18(20)3)23(4,16-25)22(28)24-19-12-8-6-7-9-13-19/h10-11,14,19H,5-9,12-13,15-16H2,1-4H3,(H,24,28)/t23-/m1/s1. The van der Waals surface area contributed by atoms with E-state index in [-0.39, 0.29) is 36.7 Å². The van der Waals surface area contributed by atoms with Crippen LogP contribution in [0.4, 0.5) is 5.69 Å². The van der Waals surface area contributed by atoms with Crippen molar-refractivity contribution in [3.63, 3.8) is 0 Å². The number of rotatable bonds is 5. The van der Waals surface area contributed by atoms with Gasteiger partial charge >= 0.3 is 0 Å². The number of hydrogen-bond donors (Lipinski definition) is 1. The Morgan fingerprint density at radius 3 is 2.42 bits per heavy atom. The molecule has 2 aliphatic rings. The number of piperazine rings is 1. The Labute approximate surface area is 186 Å². The fourth-order valence-electron chi connectivity index (χ4n) is 4.66. The summed E-state index contributed by atoms with van der Waals surface area (Å²) in [6.45, 7) is 6.83. The molecule has 2 fully saturated rings. The molecule has 8 heteroatoms. The van der Waals surface area contributed by atoms with Crippen LogP contribution in [0, 0.1) is 13.8 Å². The summed E-state index contributed by atoms with van der Waals surface area (Å²) in [5.41, 5.74) is 1.26. The normalized spacial score (nSPS) is 24.1. The van der Waals surface area contributed by atoms with Crippen molar-refractivity contribution in [2.45, 2.75) is 77.8 Å². The van der Waals surface area contributed by atoms with Crippen LogP contribution in [0.25, 0.3) is 0 Å². The van der Waals surface area contributed by atoms with Gasteiger partial charge in [-0.2, -0.15) is 4.31 Å². The maximum absolute atomic E-state index is 13.7. The van der Waals surface area contributed by atoms with E-state index in [2.05, 4.69) is 5.32 Å². The van der Waals surface area contributed by atoms with E-state index in [1.54, 1.807) is 13.8 Å². The highest BCUT2D eigenvalue weighted by Crippen LogP contribution is 2.34. The highest BCUT2D eigenvalue weighted by atomic mass is 32.2. The van der Waals surface area contributed by atoms with Crippen molar-refractivity contribution in [2.75, 3.05) is 23.7 Å². The summed E-state index contributed by atoms with van der Waals surface area (Å²) in [7, 11) is -3.62. The number of nitrogens with zero attached hydrogens (tertiary/aromatic N) is 2. The molecule has 1 N–H and O–H groups in total. The number of hydrogen-bond acceptors (Lipinski definition) is 4. The fraction of sp³-hybridized carbons (Fsp3) is 0.652. The van der Waals surface area contributed by atoms with Gasteiger partial charge in [-0.3, -0.25) is 14.5 Å². The maximum atomic E-state index is 13.7. The predicted molar refractivity (Wildman–Crippen MR) is 122 cm³/mol. The Morgan fingerprint density at radius 1 is 1.16 bits per heavy atom. The molecule has 1 aromatic carbocycles. The molecular formula is C23H35N3O4S. The van der Waals surface area contributed by atoms with Crippen molar-refractivity contribution in [1.29, 1.82) is 0 Å². The van der Waals surface area contributed by atoms with Gasteiger partial charge in [-0.05, 0) is 57.7 Å².